The summed E-state index contributed by atoms with van der Waals surface area (Å²) in [4.78, 5) is 41.0. The molecule has 4 rings (SSSR count). The molecule has 5 N–H and O–H groups in total. The van der Waals surface area contributed by atoms with E-state index in [-0.39, 0.29) is 29.9 Å². The van der Waals surface area contributed by atoms with Gasteiger partial charge in [0.25, 0.3) is 0 Å². The molecule has 0 aliphatic carbocycles. The number of rotatable bonds is 8. The zero-order valence-electron chi connectivity index (χ0n) is 29.2. The quantitative estimate of drug-likeness (QED) is 0.114. The summed E-state index contributed by atoms with van der Waals surface area (Å²) < 4.78 is 75.1. The third-order valence-corrected chi connectivity index (χ3v) is 7.13. The van der Waals surface area contributed by atoms with Crippen molar-refractivity contribution < 1.29 is 40.7 Å². The van der Waals surface area contributed by atoms with Gasteiger partial charge in [-0.15, -0.1) is 12.4 Å². The zero-order valence-corrected chi connectivity index (χ0v) is 30.1. The number of aromatic nitrogens is 2. The summed E-state index contributed by atoms with van der Waals surface area (Å²) in [6.45, 7) is 7.18. The topological polar surface area (TPSA) is 139 Å². The smallest absolute Gasteiger partial charge is 0.358 e. The van der Waals surface area contributed by atoms with Crippen LogP contribution in [0.3, 0.4) is 0 Å². The fourth-order valence-electron chi connectivity index (χ4n) is 4.18. The largest absolute Gasteiger partial charge is 0.416 e. The summed E-state index contributed by atoms with van der Waals surface area (Å²) in [7, 11) is 3.13. The second-order valence-electron chi connectivity index (χ2n) is 12.1. The van der Waals surface area contributed by atoms with Gasteiger partial charge in [-0.1, -0.05) is 24.3 Å². The molecule has 2 aromatic heterocycles. The molecule has 0 atom stereocenters. The van der Waals surface area contributed by atoms with E-state index >= 15 is 0 Å². The Morgan fingerprint density at radius 1 is 0.673 bits per heavy atom. The number of nitrogens with one attached hydrogen (secondary N) is 3. The Bertz CT molecular complexity index is 1760. The van der Waals surface area contributed by atoms with Gasteiger partial charge in [-0.25, -0.2) is 0 Å². The van der Waals surface area contributed by atoms with E-state index in [1.54, 1.807) is 66.2 Å². The molecule has 16 heteroatoms. The third-order valence-electron chi connectivity index (χ3n) is 7.13. The van der Waals surface area contributed by atoms with Crippen LogP contribution >= 0.6 is 12.4 Å². The zero-order chi connectivity index (χ0) is 38.6. The summed E-state index contributed by atoms with van der Waals surface area (Å²) in [6.07, 6.45) is -5.07. The Labute approximate surface area is 304 Å². The lowest BCUT2D eigenvalue weighted by atomic mass is 10.0. The van der Waals surface area contributed by atoms with E-state index in [1.165, 1.54) is 36.5 Å². The Hall–Kier alpha value is -4.86. The number of alkyl halides is 6. The summed E-state index contributed by atoms with van der Waals surface area (Å²) >= 11 is 0. The van der Waals surface area contributed by atoms with Gasteiger partial charge in [0.15, 0.2) is 6.29 Å². The van der Waals surface area contributed by atoms with Crippen molar-refractivity contribution in [3.8, 4) is 22.3 Å². The highest BCUT2D eigenvalue weighted by Gasteiger charge is 2.31. The second kappa shape index (κ2) is 19.1. The van der Waals surface area contributed by atoms with Crippen LogP contribution in [0.2, 0.25) is 0 Å². The number of halogens is 7. The molecule has 52 heavy (non-hydrogen) atoms. The van der Waals surface area contributed by atoms with Crippen molar-refractivity contribution >= 4 is 30.5 Å². The van der Waals surface area contributed by atoms with Crippen LogP contribution in [0.4, 0.5) is 26.3 Å². The number of hydrogen-bond donors (Lipinski definition) is 4. The van der Waals surface area contributed by atoms with E-state index < -0.39 is 34.6 Å². The van der Waals surface area contributed by atoms with Crippen molar-refractivity contribution in [2.45, 2.75) is 57.7 Å². The van der Waals surface area contributed by atoms with Crippen molar-refractivity contribution in [1.29, 1.82) is 0 Å². The van der Waals surface area contributed by atoms with Crippen molar-refractivity contribution in [3.05, 3.63) is 108 Å². The Morgan fingerprint density at radius 2 is 1.10 bits per heavy atom. The molecule has 2 amide bonds. The van der Waals surface area contributed by atoms with Gasteiger partial charge in [0.05, 0.1) is 27.9 Å². The van der Waals surface area contributed by atoms with Crippen LogP contribution in [0.5, 0.6) is 0 Å². The highest BCUT2D eigenvalue weighted by atomic mass is 35.5. The van der Waals surface area contributed by atoms with Crippen LogP contribution < -0.4 is 21.7 Å². The molecule has 2 heterocycles. The van der Waals surface area contributed by atoms with E-state index in [0.29, 0.717) is 35.2 Å². The number of carbonyl (C=O) groups is 3. The van der Waals surface area contributed by atoms with Gasteiger partial charge in [0.1, 0.15) is 5.69 Å². The van der Waals surface area contributed by atoms with Gasteiger partial charge in [-0.05, 0) is 98.5 Å². The van der Waals surface area contributed by atoms with Gasteiger partial charge in [0, 0.05) is 33.0 Å². The Balaban J connectivity index is 0.000000437. The normalized spacial score (nSPS) is 11.4. The number of hydrogen-bond acceptors (Lipinski definition) is 7. The van der Waals surface area contributed by atoms with E-state index in [9.17, 15) is 40.7 Å². The first-order valence-corrected chi connectivity index (χ1v) is 15.3. The highest BCUT2D eigenvalue weighted by molar-refractivity contribution is 5.86. The van der Waals surface area contributed by atoms with Gasteiger partial charge < -0.3 is 16.4 Å². The molecule has 0 bridgehead atoms. The van der Waals surface area contributed by atoms with Crippen LogP contribution in [-0.4, -0.2) is 53.2 Å². The second-order valence-corrected chi connectivity index (χ2v) is 12.1. The molecular formula is C36H41ClF6N6O3. The molecule has 0 unspecified atom stereocenters. The summed E-state index contributed by atoms with van der Waals surface area (Å²) in [5, 5.41) is 8.13. The minimum absolute atomic E-state index is 0. The van der Waals surface area contributed by atoms with Crippen molar-refractivity contribution in [1.82, 2.24) is 25.9 Å². The van der Waals surface area contributed by atoms with E-state index in [2.05, 4.69) is 25.9 Å². The van der Waals surface area contributed by atoms with E-state index in [1.807, 2.05) is 0 Å². The molecule has 0 radical (unpaired) electrons. The molecule has 0 aliphatic rings. The lowest BCUT2D eigenvalue weighted by Crippen LogP contribution is -2.51. The first kappa shape index (κ1) is 45.2. The number of benzene rings is 2. The van der Waals surface area contributed by atoms with Crippen LogP contribution in [-0.2, 0) is 28.5 Å². The lowest BCUT2D eigenvalue weighted by Gasteiger charge is -2.24. The predicted molar refractivity (Wildman–Crippen MR) is 189 cm³/mol. The fourth-order valence-corrected chi connectivity index (χ4v) is 4.18. The number of carbonyl (C=O) groups excluding carboxylic acids is 3. The van der Waals surface area contributed by atoms with Crippen molar-refractivity contribution in [3.63, 3.8) is 0 Å². The van der Waals surface area contributed by atoms with Gasteiger partial charge >= 0.3 is 12.4 Å². The van der Waals surface area contributed by atoms with Crippen molar-refractivity contribution in [2.75, 3.05) is 14.1 Å². The lowest BCUT2D eigenvalue weighted by molar-refractivity contribution is -0.138. The number of amides is 2. The van der Waals surface area contributed by atoms with Gasteiger partial charge in [-0.3, -0.25) is 29.7 Å². The average Bonchev–Trinajstić information content (AvgIpc) is 3.09. The Morgan fingerprint density at radius 3 is 1.46 bits per heavy atom. The number of nitrogens with two attached hydrogens (primary N) is 1. The molecule has 282 valence electrons. The maximum Gasteiger partial charge on any atom is 0.416 e. The summed E-state index contributed by atoms with van der Waals surface area (Å²) in [5.74, 6) is -0.288. The molecule has 2 aromatic carbocycles. The van der Waals surface area contributed by atoms with E-state index in [0.717, 1.165) is 29.8 Å². The Kier molecular flexibility index (Phi) is 16.6. The first-order chi connectivity index (χ1) is 23.6. The molecule has 0 saturated carbocycles. The number of likely N-dealkylation sites (N-methyl/N-ethyl adjacent to an activating group) is 2. The number of pyridine rings is 2. The van der Waals surface area contributed by atoms with Gasteiger partial charge in [-0.2, -0.15) is 26.3 Å². The van der Waals surface area contributed by atoms with Gasteiger partial charge in [0.2, 0.25) is 11.8 Å². The molecule has 0 saturated heterocycles. The molecule has 9 nitrogen and oxygen atoms in total. The third kappa shape index (κ3) is 14.0. The maximum absolute atomic E-state index is 12.6. The highest BCUT2D eigenvalue weighted by Crippen LogP contribution is 2.32. The summed E-state index contributed by atoms with van der Waals surface area (Å²) in [5.41, 5.74) is 6.12. The molecular weight excluding hydrogens is 714 g/mol. The fraction of sp³-hybridized carbons (Fsp3) is 0.306. The van der Waals surface area contributed by atoms with Crippen molar-refractivity contribution in [2.24, 2.45) is 5.73 Å². The summed E-state index contributed by atoms with van der Waals surface area (Å²) in [6, 6.07) is 16.4. The first-order valence-electron chi connectivity index (χ1n) is 15.3. The predicted octanol–water partition coefficient (Wildman–Crippen LogP) is 6.85. The molecule has 0 fully saturated rings. The maximum atomic E-state index is 12.6. The number of aldehydes is 1. The molecule has 0 spiro atoms. The number of nitrogens with zero attached hydrogens (tertiary/aromatic N) is 2. The minimum Gasteiger partial charge on any atom is -0.358 e. The molecule has 4 aromatic rings. The van der Waals surface area contributed by atoms with E-state index in [4.69, 9.17) is 5.73 Å². The van der Waals surface area contributed by atoms with Crippen LogP contribution in [0, 0.1) is 0 Å². The van der Waals surface area contributed by atoms with Crippen LogP contribution in [0.25, 0.3) is 22.3 Å². The van der Waals surface area contributed by atoms with Crippen LogP contribution in [0.1, 0.15) is 55.0 Å². The molecule has 0 aliphatic heterocycles. The average molecular weight is 755 g/mol. The van der Waals surface area contributed by atoms with Crippen LogP contribution in [0.15, 0.2) is 85.2 Å². The standard InChI is InChI=1S/C18H20F3N3O.C13H8F3NO.C5H12N2O.ClH/c1-17(2,16(25)22-3)24-11-15-10-13(8-9-23-15)12-4-6-14(7-5-12)18(19,20)21;14-13(15,16)11-3-1-9(2-4-11)10-5-6-17-12(7-10)8-18;1-5(2,6)4(8)7-3;/h4-10,24H,11H2,1-3H3,(H,22,25);1-8H;6H2,1-3H3,(H,7,8);1H. The minimum atomic E-state index is -4.35. The monoisotopic (exact) mass is 754 g/mol. The SMILES string of the molecule is CNC(=O)C(C)(C)N.CNC(=O)C(C)(C)NCc1cc(-c2ccc(C(F)(F)F)cc2)ccn1.Cl.O=Cc1cc(-c2ccc(C(F)(F)F)cc2)ccn1.